The maximum absolute atomic E-state index is 12.7. The van der Waals surface area contributed by atoms with Gasteiger partial charge in [-0.2, -0.15) is 0 Å². The van der Waals surface area contributed by atoms with Gasteiger partial charge in [0.05, 0.1) is 11.1 Å². The maximum Gasteiger partial charge on any atom is 0.255 e. The summed E-state index contributed by atoms with van der Waals surface area (Å²) in [4.78, 5) is 25.7. The SMILES string of the molecule is CC(C)n1nnc2ccc(-c3ccnc(Nc4ccc(C(=O)N5CCN(C)CC5)cn4)c3)cc21. The fraction of sp³-hybridized carbons (Fsp3) is 0.320. The van der Waals surface area contributed by atoms with Crippen LogP contribution in [0.4, 0.5) is 11.6 Å². The van der Waals surface area contributed by atoms with Crippen molar-refractivity contribution in [2.45, 2.75) is 19.9 Å². The molecule has 0 saturated carbocycles. The third kappa shape index (κ3) is 4.47. The number of pyridine rings is 2. The Labute approximate surface area is 198 Å². The van der Waals surface area contributed by atoms with Crippen LogP contribution in [0.1, 0.15) is 30.2 Å². The summed E-state index contributed by atoms with van der Waals surface area (Å²) < 4.78 is 1.92. The van der Waals surface area contributed by atoms with E-state index in [1.54, 1.807) is 12.4 Å². The zero-order valence-electron chi connectivity index (χ0n) is 19.6. The van der Waals surface area contributed by atoms with Crippen LogP contribution in [-0.4, -0.2) is 73.9 Å². The second-order valence-corrected chi connectivity index (χ2v) is 8.91. The highest BCUT2D eigenvalue weighted by Gasteiger charge is 2.20. The number of amides is 1. The predicted molar refractivity (Wildman–Crippen MR) is 132 cm³/mol. The third-order valence-corrected chi connectivity index (χ3v) is 6.11. The van der Waals surface area contributed by atoms with Crippen molar-refractivity contribution in [2.75, 3.05) is 38.5 Å². The van der Waals surface area contributed by atoms with Gasteiger partial charge in [0.2, 0.25) is 0 Å². The lowest BCUT2D eigenvalue weighted by atomic mass is 10.1. The van der Waals surface area contributed by atoms with E-state index < -0.39 is 0 Å². The van der Waals surface area contributed by atoms with Gasteiger partial charge in [-0.05, 0) is 68.4 Å². The quantitative estimate of drug-likeness (QED) is 0.491. The lowest BCUT2D eigenvalue weighted by Gasteiger charge is -2.32. The van der Waals surface area contributed by atoms with Gasteiger partial charge in [-0.15, -0.1) is 5.10 Å². The summed E-state index contributed by atoms with van der Waals surface area (Å²) in [6.45, 7) is 7.45. The molecule has 4 heterocycles. The number of nitrogens with one attached hydrogen (secondary N) is 1. The van der Waals surface area contributed by atoms with Crippen molar-refractivity contribution in [2.24, 2.45) is 0 Å². The molecule has 9 nitrogen and oxygen atoms in total. The van der Waals surface area contributed by atoms with E-state index in [2.05, 4.69) is 57.5 Å². The average molecular weight is 457 g/mol. The van der Waals surface area contributed by atoms with Crippen LogP contribution in [0.5, 0.6) is 0 Å². The summed E-state index contributed by atoms with van der Waals surface area (Å²) in [5, 5.41) is 11.8. The molecule has 174 valence electrons. The van der Waals surface area contributed by atoms with Crippen LogP contribution in [-0.2, 0) is 0 Å². The van der Waals surface area contributed by atoms with E-state index in [9.17, 15) is 4.79 Å². The minimum absolute atomic E-state index is 0.0257. The van der Waals surface area contributed by atoms with E-state index >= 15 is 0 Å². The van der Waals surface area contributed by atoms with Gasteiger partial charge in [0.25, 0.3) is 5.91 Å². The molecule has 9 heteroatoms. The fourth-order valence-electron chi connectivity index (χ4n) is 4.09. The molecule has 1 N–H and O–H groups in total. The smallest absolute Gasteiger partial charge is 0.255 e. The molecule has 1 amide bonds. The van der Waals surface area contributed by atoms with Crippen LogP contribution in [0.2, 0.25) is 0 Å². The number of hydrogen-bond donors (Lipinski definition) is 1. The Kier molecular flexibility index (Phi) is 5.93. The highest BCUT2D eigenvalue weighted by molar-refractivity contribution is 5.94. The molecule has 1 saturated heterocycles. The largest absolute Gasteiger partial charge is 0.336 e. The van der Waals surface area contributed by atoms with Crippen molar-refractivity contribution in [1.29, 1.82) is 0 Å². The Bertz CT molecular complexity index is 1310. The fourth-order valence-corrected chi connectivity index (χ4v) is 4.09. The molecule has 4 aromatic rings. The first-order chi connectivity index (χ1) is 16.5. The van der Waals surface area contributed by atoms with E-state index in [0.717, 1.165) is 48.3 Å². The number of carbonyl (C=O) groups excluding carboxylic acids is 1. The van der Waals surface area contributed by atoms with Crippen molar-refractivity contribution in [3.63, 3.8) is 0 Å². The predicted octanol–water partition coefficient (Wildman–Crippen LogP) is 3.60. The zero-order chi connectivity index (χ0) is 23.7. The zero-order valence-corrected chi connectivity index (χ0v) is 19.6. The van der Waals surface area contributed by atoms with Gasteiger partial charge in [0.1, 0.15) is 17.2 Å². The number of aromatic nitrogens is 5. The molecule has 0 atom stereocenters. The van der Waals surface area contributed by atoms with Gasteiger partial charge in [0.15, 0.2) is 0 Å². The van der Waals surface area contributed by atoms with Crippen molar-refractivity contribution >= 4 is 28.6 Å². The van der Waals surface area contributed by atoms with E-state index in [4.69, 9.17) is 0 Å². The van der Waals surface area contributed by atoms with Gasteiger partial charge in [0, 0.05) is 44.6 Å². The van der Waals surface area contributed by atoms with E-state index in [1.165, 1.54) is 0 Å². The lowest BCUT2D eigenvalue weighted by molar-refractivity contribution is 0.0663. The molecular formula is C25H28N8O. The Hall–Kier alpha value is -3.85. The van der Waals surface area contributed by atoms with Crippen molar-refractivity contribution < 1.29 is 4.79 Å². The van der Waals surface area contributed by atoms with Gasteiger partial charge in [-0.25, -0.2) is 14.6 Å². The molecular weight excluding hydrogens is 428 g/mol. The van der Waals surface area contributed by atoms with Crippen LogP contribution >= 0.6 is 0 Å². The Morgan fingerprint density at radius 1 is 0.941 bits per heavy atom. The standard InChI is InChI=1S/C25H28N8O/c1-17(2)33-22-14-18(4-6-21(22)29-30-33)19-8-9-26-24(15-19)28-23-7-5-20(16-27-23)25(34)32-12-10-31(3)11-13-32/h4-9,14-17H,10-13H2,1-3H3,(H,26,27,28). The Balaban J connectivity index is 1.32. The number of rotatable bonds is 5. The number of fused-ring (bicyclic) bond motifs is 1. The first-order valence-corrected chi connectivity index (χ1v) is 11.5. The van der Waals surface area contributed by atoms with E-state index in [1.807, 2.05) is 46.0 Å². The van der Waals surface area contributed by atoms with Gasteiger partial charge in [-0.3, -0.25) is 4.79 Å². The number of piperazine rings is 1. The third-order valence-electron chi connectivity index (χ3n) is 6.11. The van der Waals surface area contributed by atoms with Crippen molar-refractivity contribution in [3.05, 3.63) is 60.4 Å². The van der Waals surface area contributed by atoms with E-state index in [-0.39, 0.29) is 11.9 Å². The molecule has 1 fully saturated rings. The topological polar surface area (TPSA) is 92.1 Å². The number of benzene rings is 1. The van der Waals surface area contributed by atoms with Gasteiger partial charge < -0.3 is 15.1 Å². The summed E-state index contributed by atoms with van der Waals surface area (Å²) in [5.74, 6) is 1.34. The normalized spacial score (nSPS) is 14.6. The highest BCUT2D eigenvalue weighted by atomic mass is 16.2. The minimum atomic E-state index is 0.0257. The molecule has 34 heavy (non-hydrogen) atoms. The number of nitrogens with zero attached hydrogens (tertiary/aromatic N) is 7. The molecule has 3 aromatic heterocycles. The van der Waals surface area contributed by atoms with Gasteiger partial charge in [-0.1, -0.05) is 11.3 Å². The molecule has 0 bridgehead atoms. The second-order valence-electron chi connectivity index (χ2n) is 8.91. The van der Waals surface area contributed by atoms with Crippen LogP contribution in [0.25, 0.3) is 22.2 Å². The molecule has 1 aliphatic rings. The summed E-state index contributed by atoms with van der Waals surface area (Å²) in [7, 11) is 2.07. The summed E-state index contributed by atoms with van der Waals surface area (Å²) >= 11 is 0. The Morgan fingerprint density at radius 2 is 1.74 bits per heavy atom. The molecule has 5 rings (SSSR count). The number of anilines is 2. The number of hydrogen-bond acceptors (Lipinski definition) is 7. The molecule has 1 aliphatic heterocycles. The minimum Gasteiger partial charge on any atom is -0.336 e. The highest BCUT2D eigenvalue weighted by Crippen LogP contribution is 2.26. The van der Waals surface area contributed by atoms with Crippen LogP contribution < -0.4 is 5.32 Å². The Morgan fingerprint density at radius 3 is 2.47 bits per heavy atom. The van der Waals surface area contributed by atoms with Crippen molar-refractivity contribution in [1.82, 2.24) is 34.8 Å². The molecule has 0 unspecified atom stereocenters. The summed E-state index contributed by atoms with van der Waals surface area (Å²) in [5.41, 5.74) is 4.56. The monoisotopic (exact) mass is 456 g/mol. The van der Waals surface area contributed by atoms with Crippen LogP contribution in [0, 0.1) is 0 Å². The summed E-state index contributed by atoms with van der Waals surface area (Å²) in [6.07, 6.45) is 3.39. The maximum atomic E-state index is 12.7. The van der Waals surface area contributed by atoms with Crippen LogP contribution in [0.15, 0.2) is 54.9 Å². The average Bonchev–Trinajstić information content (AvgIpc) is 3.28. The molecule has 0 radical (unpaired) electrons. The molecule has 0 aliphatic carbocycles. The lowest BCUT2D eigenvalue weighted by Crippen LogP contribution is -2.47. The van der Waals surface area contributed by atoms with E-state index in [0.29, 0.717) is 17.2 Å². The second kappa shape index (κ2) is 9.18. The van der Waals surface area contributed by atoms with Gasteiger partial charge >= 0.3 is 0 Å². The number of likely N-dealkylation sites (N-methyl/N-ethyl adjacent to an activating group) is 1. The summed E-state index contributed by atoms with van der Waals surface area (Å²) in [6, 6.07) is 13.9. The molecule has 0 spiro atoms. The van der Waals surface area contributed by atoms with Crippen LogP contribution in [0.3, 0.4) is 0 Å². The van der Waals surface area contributed by atoms with Crippen molar-refractivity contribution in [3.8, 4) is 11.1 Å². The molecule has 1 aromatic carbocycles. The first-order valence-electron chi connectivity index (χ1n) is 11.5. The first kappa shape index (κ1) is 22.0. The number of carbonyl (C=O) groups is 1.